The zero-order chi connectivity index (χ0) is 16.7. The summed E-state index contributed by atoms with van der Waals surface area (Å²) in [4.78, 5) is 14.5. The average molecular weight is 383 g/mol. The second-order valence-electron chi connectivity index (χ2n) is 6.33. The molecule has 1 aliphatic carbocycles. The topological polar surface area (TPSA) is 52.6 Å². The first-order valence-corrected chi connectivity index (χ1v) is 9.29. The summed E-state index contributed by atoms with van der Waals surface area (Å²) in [5.74, 6) is 0.0273. The molecular formula is C18H27BrN2O2. The first-order valence-electron chi connectivity index (χ1n) is 8.50. The van der Waals surface area contributed by atoms with E-state index in [1.165, 1.54) is 19.3 Å². The van der Waals surface area contributed by atoms with Crippen molar-refractivity contribution in [3.63, 3.8) is 0 Å². The summed E-state index contributed by atoms with van der Waals surface area (Å²) in [5.41, 5.74) is 1.09. The van der Waals surface area contributed by atoms with Gasteiger partial charge in [0.2, 0.25) is 5.91 Å². The number of amides is 1. The quantitative estimate of drug-likeness (QED) is 0.760. The summed E-state index contributed by atoms with van der Waals surface area (Å²) in [7, 11) is 0. The number of halogens is 1. The van der Waals surface area contributed by atoms with E-state index < -0.39 is 0 Å². The SMILES string of the molecule is CC(NC(=O)CN(CCO)C1CCCCC1)c1ccc(Br)cc1. The number of aliphatic hydroxyl groups excluding tert-OH is 1. The normalized spacial score (nSPS) is 17.2. The number of hydrogen-bond donors (Lipinski definition) is 2. The van der Waals surface area contributed by atoms with E-state index in [2.05, 4.69) is 26.1 Å². The molecule has 23 heavy (non-hydrogen) atoms. The Bertz CT molecular complexity index is 486. The lowest BCUT2D eigenvalue weighted by Crippen LogP contribution is -2.45. The number of rotatable bonds is 7. The van der Waals surface area contributed by atoms with E-state index in [9.17, 15) is 9.90 Å². The molecule has 0 spiro atoms. The number of carbonyl (C=O) groups is 1. The van der Waals surface area contributed by atoms with Crippen molar-refractivity contribution in [3.8, 4) is 0 Å². The third kappa shape index (κ3) is 5.90. The van der Waals surface area contributed by atoms with Gasteiger partial charge < -0.3 is 10.4 Å². The van der Waals surface area contributed by atoms with Crippen molar-refractivity contribution in [1.82, 2.24) is 10.2 Å². The molecule has 0 bridgehead atoms. The van der Waals surface area contributed by atoms with E-state index >= 15 is 0 Å². The summed E-state index contributed by atoms with van der Waals surface area (Å²) < 4.78 is 1.03. The lowest BCUT2D eigenvalue weighted by molar-refractivity contribution is -0.123. The van der Waals surface area contributed by atoms with Crippen molar-refractivity contribution in [1.29, 1.82) is 0 Å². The number of nitrogens with zero attached hydrogens (tertiary/aromatic N) is 1. The molecule has 1 amide bonds. The Morgan fingerprint density at radius 2 is 1.96 bits per heavy atom. The van der Waals surface area contributed by atoms with Gasteiger partial charge in [-0.15, -0.1) is 0 Å². The summed E-state index contributed by atoms with van der Waals surface area (Å²) >= 11 is 3.42. The minimum atomic E-state index is -0.0158. The Morgan fingerprint density at radius 3 is 2.57 bits per heavy atom. The van der Waals surface area contributed by atoms with Crippen LogP contribution in [0.15, 0.2) is 28.7 Å². The van der Waals surface area contributed by atoms with E-state index in [4.69, 9.17) is 0 Å². The Labute approximate surface area is 147 Å². The van der Waals surface area contributed by atoms with Gasteiger partial charge in [-0.1, -0.05) is 47.3 Å². The van der Waals surface area contributed by atoms with Crippen LogP contribution < -0.4 is 5.32 Å². The van der Waals surface area contributed by atoms with Crippen LogP contribution in [0.25, 0.3) is 0 Å². The molecule has 1 aromatic rings. The van der Waals surface area contributed by atoms with Crippen LogP contribution in [0.5, 0.6) is 0 Å². The van der Waals surface area contributed by atoms with Crippen molar-refractivity contribution in [2.24, 2.45) is 0 Å². The highest BCUT2D eigenvalue weighted by molar-refractivity contribution is 9.10. The van der Waals surface area contributed by atoms with Gasteiger partial charge in [-0.25, -0.2) is 0 Å². The monoisotopic (exact) mass is 382 g/mol. The zero-order valence-corrected chi connectivity index (χ0v) is 15.4. The lowest BCUT2D eigenvalue weighted by Gasteiger charge is -2.33. The number of aliphatic hydroxyl groups is 1. The second-order valence-corrected chi connectivity index (χ2v) is 7.24. The van der Waals surface area contributed by atoms with Crippen LogP contribution in [-0.4, -0.2) is 41.7 Å². The first-order chi connectivity index (χ1) is 11.1. The lowest BCUT2D eigenvalue weighted by atomic mass is 9.94. The summed E-state index contributed by atoms with van der Waals surface area (Å²) in [6.45, 7) is 3.04. The van der Waals surface area contributed by atoms with Gasteiger partial charge in [-0.3, -0.25) is 9.69 Å². The fourth-order valence-electron chi connectivity index (χ4n) is 3.27. The molecule has 0 aromatic heterocycles. The van der Waals surface area contributed by atoms with Gasteiger partial charge in [0.15, 0.2) is 0 Å². The fourth-order valence-corrected chi connectivity index (χ4v) is 3.54. The largest absolute Gasteiger partial charge is 0.395 e. The van der Waals surface area contributed by atoms with Crippen molar-refractivity contribution in [2.45, 2.75) is 51.1 Å². The van der Waals surface area contributed by atoms with E-state index in [0.717, 1.165) is 22.9 Å². The predicted molar refractivity (Wildman–Crippen MR) is 96.2 cm³/mol. The standard InChI is InChI=1S/C18H27BrN2O2/c1-14(15-7-9-16(19)10-8-15)20-18(23)13-21(11-12-22)17-5-3-2-4-6-17/h7-10,14,17,22H,2-6,11-13H2,1H3,(H,20,23). The van der Waals surface area contributed by atoms with Crippen LogP contribution in [0.1, 0.15) is 50.6 Å². The van der Waals surface area contributed by atoms with Crippen LogP contribution in [0.3, 0.4) is 0 Å². The van der Waals surface area contributed by atoms with Gasteiger partial charge in [0.25, 0.3) is 0 Å². The van der Waals surface area contributed by atoms with E-state index in [0.29, 0.717) is 19.1 Å². The minimum absolute atomic E-state index is 0.0158. The van der Waals surface area contributed by atoms with Gasteiger partial charge >= 0.3 is 0 Å². The third-order valence-corrected chi connectivity index (χ3v) is 5.10. The zero-order valence-electron chi connectivity index (χ0n) is 13.8. The molecule has 0 aliphatic heterocycles. The first kappa shape index (κ1) is 18.4. The number of carbonyl (C=O) groups excluding carboxylic acids is 1. The van der Waals surface area contributed by atoms with Gasteiger partial charge in [-0.05, 0) is 37.5 Å². The molecule has 1 atom stereocenters. The molecule has 2 N–H and O–H groups in total. The second kappa shape index (κ2) is 9.40. The maximum absolute atomic E-state index is 12.4. The van der Waals surface area contributed by atoms with Crippen molar-refractivity contribution < 1.29 is 9.90 Å². The summed E-state index contributed by atoms with van der Waals surface area (Å²) in [6, 6.07) is 8.42. The number of nitrogens with one attached hydrogen (secondary N) is 1. The third-order valence-electron chi connectivity index (χ3n) is 4.57. The highest BCUT2D eigenvalue weighted by Crippen LogP contribution is 2.22. The summed E-state index contributed by atoms with van der Waals surface area (Å²) in [5, 5.41) is 12.4. The minimum Gasteiger partial charge on any atom is -0.395 e. The Morgan fingerprint density at radius 1 is 1.30 bits per heavy atom. The molecule has 0 radical (unpaired) electrons. The maximum Gasteiger partial charge on any atom is 0.234 e. The Kier molecular flexibility index (Phi) is 7.53. The molecule has 1 saturated carbocycles. The van der Waals surface area contributed by atoms with Crippen LogP contribution in [-0.2, 0) is 4.79 Å². The predicted octanol–water partition coefficient (Wildman–Crippen LogP) is 3.25. The van der Waals surface area contributed by atoms with E-state index in [1.54, 1.807) is 0 Å². The Balaban J connectivity index is 1.88. The smallest absolute Gasteiger partial charge is 0.234 e. The molecule has 1 unspecified atom stereocenters. The van der Waals surface area contributed by atoms with Crippen LogP contribution in [0.2, 0.25) is 0 Å². The van der Waals surface area contributed by atoms with Crippen molar-refractivity contribution >= 4 is 21.8 Å². The van der Waals surface area contributed by atoms with Crippen molar-refractivity contribution in [2.75, 3.05) is 19.7 Å². The Hall–Kier alpha value is -0.910. The molecular weight excluding hydrogens is 356 g/mol. The van der Waals surface area contributed by atoms with Gasteiger partial charge in [0.05, 0.1) is 19.2 Å². The number of benzene rings is 1. The molecule has 2 rings (SSSR count). The van der Waals surface area contributed by atoms with Crippen molar-refractivity contribution in [3.05, 3.63) is 34.3 Å². The maximum atomic E-state index is 12.4. The van der Waals surface area contributed by atoms with Crippen LogP contribution in [0, 0.1) is 0 Å². The summed E-state index contributed by atoms with van der Waals surface area (Å²) in [6.07, 6.45) is 6.01. The van der Waals surface area contributed by atoms with E-state index in [1.807, 2.05) is 31.2 Å². The van der Waals surface area contributed by atoms with Crippen LogP contribution in [0.4, 0.5) is 0 Å². The van der Waals surface area contributed by atoms with E-state index in [-0.39, 0.29) is 18.6 Å². The highest BCUT2D eigenvalue weighted by atomic mass is 79.9. The molecule has 0 heterocycles. The average Bonchev–Trinajstić information content (AvgIpc) is 2.55. The molecule has 1 fully saturated rings. The molecule has 4 nitrogen and oxygen atoms in total. The van der Waals surface area contributed by atoms with Gasteiger partial charge in [0, 0.05) is 17.1 Å². The highest BCUT2D eigenvalue weighted by Gasteiger charge is 2.23. The number of hydrogen-bond acceptors (Lipinski definition) is 3. The molecule has 1 aliphatic rings. The molecule has 0 saturated heterocycles. The van der Waals surface area contributed by atoms with Gasteiger partial charge in [-0.2, -0.15) is 0 Å². The fraction of sp³-hybridized carbons (Fsp3) is 0.611. The molecule has 128 valence electrons. The van der Waals surface area contributed by atoms with Gasteiger partial charge in [0.1, 0.15) is 0 Å². The van der Waals surface area contributed by atoms with Crippen LogP contribution >= 0.6 is 15.9 Å². The molecule has 1 aromatic carbocycles. The molecule has 5 heteroatoms.